The number of benzene rings is 3. The Labute approximate surface area is 223 Å². The number of anilines is 1. The average molecular weight is 547 g/mol. The predicted molar refractivity (Wildman–Crippen MR) is 144 cm³/mol. The molecule has 0 aromatic heterocycles. The Hall–Kier alpha value is -3.43. The first-order chi connectivity index (χ1) is 17.8. The number of halogens is 1. The van der Waals surface area contributed by atoms with Gasteiger partial charge in [0.15, 0.2) is 11.5 Å². The van der Waals surface area contributed by atoms with E-state index in [4.69, 9.17) is 25.8 Å². The highest BCUT2D eigenvalue weighted by molar-refractivity contribution is 7.92. The molecule has 0 atom stereocenters. The van der Waals surface area contributed by atoms with Gasteiger partial charge in [-0.15, -0.1) is 0 Å². The molecule has 0 spiro atoms. The van der Waals surface area contributed by atoms with Crippen molar-refractivity contribution in [3.63, 3.8) is 0 Å². The molecular formula is C27H31ClN2O6S. The minimum atomic E-state index is -4.13. The molecule has 0 unspecified atom stereocenters. The Morgan fingerprint density at radius 3 is 2.32 bits per heavy atom. The number of sulfonamides is 1. The second kappa shape index (κ2) is 13.2. The average Bonchev–Trinajstić information content (AvgIpc) is 2.91. The smallest absolute Gasteiger partial charge is 0.264 e. The third kappa shape index (κ3) is 7.30. The summed E-state index contributed by atoms with van der Waals surface area (Å²) in [6.45, 7) is 2.30. The molecule has 0 heterocycles. The van der Waals surface area contributed by atoms with Crippen LogP contribution >= 0.6 is 11.6 Å². The van der Waals surface area contributed by atoms with Crippen molar-refractivity contribution >= 4 is 33.2 Å². The standard InChI is InChI=1S/C27H31ClN2O6S/c1-4-36-22-13-11-21(12-14-22)30(37(32,33)23-15-16-25(34-2)26(18-23)35-3)19-27(31)29-17-7-9-20-8-5-6-10-24(20)28/h5-6,8,10-16,18H,4,7,9,17,19H2,1-3H3,(H,29,31). The van der Waals surface area contributed by atoms with Crippen LogP contribution in [-0.4, -0.2) is 48.2 Å². The van der Waals surface area contributed by atoms with Crippen molar-refractivity contribution in [1.82, 2.24) is 5.32 Å². The molecule has 37 heavy (non-hydrogen) atoms. The summed E-state index contributed by atoms with van der Waals surface area (Å²) in [6, 6.07) is 18.4. The highest BCUT2D eigenvalue weighted by Crippen LogP contribution is 2.32. The van der Waals surface area contributed by atoms with Crippen LogP contribution in [0.2, 0.25) is 5.02 Å². The molecule has 0 saturated carbocycles. The molecule has 198 valence electrons. The highest BCUT2D eigenvalue weighted by atomic mass is 35.5. The largest absolute Gasteiger partial charge is 0.494 e. The van der Waals surface area contributed by atoms with Crippen LogP contribution in [0.1, 0.15) is 18.9 Å². The molecule has 3 aromatic rings. The van der Waals surface area contributed by atoms with Crippen molar-refractivity contribution in [1.29, 1.82) is 0 Å². The lowest BCUT2D eigenvalue weighted by Gasteiger charge is -2.24. The summed E-state index contributed by atoms with van der Waals surface area (Å²) in [6.07, 6.45) is 1.34. The Bertz CT molecular complexity index is 1300. The third-order valence-electron chi connectivity index (χ3n) is 5.57. The molecule has 0 aliphatic carbocycles. The van der Waals surface area contributed by atoms with Gasteiger partial charge in [-0.1, -0.05) is 29.8 Å². The maximum Gasteiger partial charge on any atom is 0.264 e. The lowest BCUT2D eigenvalue weighted by molar-refractivity contribution is -0.119. The Morgan fingerprint density at radius 1 is 0.973 bits per heavy atom. The predicted octanol–water partition coefficient (Wildman–Crippen LogP) is 4.70. The van der Waals surface area contributed by atoms with Crippen LogP contribution in [-0.2, 0) is 21.2 Å². The van der Waals surface area contributed by atoms with Crippen molar-refractivity contribution in [2.24, 2.45) is 0 Å². The van der Waals surface area contributed by atoms with E-state index in [2.05, 4.69) is 5.32 Å². The van der Waals surface area contributed by atoms with E-state index in [-0.39, 0.29) is 10.6 Å². The summed E-state index contributed by atoms with van der Waals surface area (Å²) in [5.41, 5.74) is 1.31. The summed E-state index contributed by atoms with van der Waals surface area (Å²) in [7, 11) is -1.24. The molecule has 0 aliphatic heterocycles. The van der Waals surface area contributed by atoms with Crippen LogP contribution in [0.5, 0.6) is 17.2 Å². The van der Waals surface area contributed by atoms with Gasteiger partial charge in [-0.05, 0) is 67.8 Å². The number of amides is 1. The van der Waals surface area contributed by atoms with Gasteiger partial charge in [0, 0.05) is 17.6 Å². The number of hydrogen-bond donors (Lipinski definition) is 1. The highest BCUT2D eigenvalue weighted by Gasteiger charge is 2.28. The van der Waals surface area contributed by atoms with Gasteiger partial charge in [0.1, 0.15) is 12.3 Å². The summed E-state index contributed by atoms with van der Waals surface area (Å²) >= 11 is 6.20. The van der Waals surface area contributed by atoms with Gasteiger partial charge in [-0.2, -0.15) is 0 Å². The zero-order valence-corrected chi connectivity index (χ0v) is 22.6. The van der Waals surface area contributed by atoms with Crippen LogP contribution in [0, 0.1) is 0 Å². The Morgan fingerprint density at radius 2 is 1.68 bits per heavy atom. The first kappa shape index (κ1) is 28.1. The summed E-state index contributed by atoms with van der Waals surface area (Å²) < 4.78 is 44.4. The van der Waals surface area contributed by atoms with E-state index in [1.165, 1.54) is 32.4 Å². The molecule has 0 saturated heterocycles. The molecule has 0 fully saturated rings. The zero-order valence-electron chi connectivity index (χ0n) is 21.1. The number of methoxy groups -OCH3 is 2. The molecule has 0 aliphatic rings. The summed E-state index contributed by atoms with van der Waals surface area (Å²) in [4.78, 5) is 12.8. The summed E-state index contributed by atoms with van der Waals surface area (Å²) in [5, 5.41) is 3.49. The SMILES string of the molecule is CCOc1ccc(N(CC(=O)NCCCc2ccccc2Cl)S(=O)(=O)c2ccc(OC)c(OC)c2)cc1. The van der Waals surface area contributed by atoms with E-state index < -0.39 is 22.5 Å². The molecule has 1 amide bonds. The molecule has 0 bridgehead atoms. The topological polar surface area (TPSA) is 94.2 Å². The van der Waals surface area contributed by atoms with Gasteiger partial charge in [-0.3, -0.25) is 9.10 Å². The number of carbonyl (C=O) groups excluding carboxylic acids is 1. The lowest BCUT2D eigenvalue weighted by atomic mass is 10.1. The van der Waals surface area contributed by atoms with Crippen molar-refractivity contribution in [3.8, 4) is 17.2 Å². The van der Waals surface area contributed by atoms with E-state index in [1.54, 1.807) is 24.3 Å². The van der Waals surface area contributed by atoms with Crippen molar-refractivity contribution in [2.45, 2.75) is 24.7 Å². The minimum Gasteiger partial charge on any atom is -0.494 e. The first-order valence-corrected chi connectivity index (χ1v) is 13.6. The number of rotatable bonds is 13. The van der Waals surface area contributed by atoms with Gasteiger partial charge < -0.3 is 19.5 Å². The maximum atomic E-state index is 13.7. The van der Waals surface area contributed by atoms with E-state index in [0.717, 1.165) is 9.87 Å². The fourth-order valence-corrected chi connectivity index (χ4v) is 5.36. The second-order valence-electron chi connectivity index (χ2n) is 8.00. The Balaban J connectivity index is 1.80. The van der Waals surface area contributed by atoms with E-state index >= 15 is 0 Å². The van der Waals surface area contributed by atoms with E-state index in [9.17, 15) is 13.2 Å². The zero-order chi connectivity index (χ0) is 26.8. The lowest BCUT2D eigenvalue weighted by Crippen LogP contribution is -2.41. The maximum absolute atomic E-state index is 13.7. The van der Waals surface area contributed by atoms with Gasteiger partial charge in [0.25, 0.3) is 10.0 Å². The number of nitrogens with zero attached hydrogens (tertiary/aromatic N) is 1. The quantitative estimate of drug-likeness (QED) is 0.312. The Kier molecular flexibility index (Phi) is 10.0. The molecule has 10 heteroatoms. The van der Waals surface area contributed by atoms with Crippen molar-refractivity contribution in [3.05, 3.63) is 77.3 Å². The van der Waals surface area contributed by atoms with Gasteiger partial charge in [0.2, 0.25) is 5.91 Å². The van der Waals surface area contributed by atoms with Crippen LogP contribution in [0.4, 0.5) is 5.69 Å². The minimum absolute atomic E-state index is 0.0365. The molecule has 3 aromatic carbocycles. The van der Waals surface area contributed by atoms with E-state index in [1.807, 2.05) is 31.2 Å². The molecule has 8 nitrogen and oxygen atoms in total. The molecule has 0 radical (unpaired) electrons. The van der Waals surface area contributed by atoms with Crippen molar-refractivity contribution in [2.75, 3.05) is 38.2 Å². The number of carbonyl (C=O) groups is 1. The summed E-state index contributed by atoms with van der Waals surface area (Å²) in [5.74, 6) is 0.820. The normalized spacial score (nSPS) is 11.0. The van der Waals surface area contributed by atoms with Crippen LogP contribution in [0.15, 0.2) is 71.6 Å². The first-order valence-electron chi connectivity index (χ1n) is 11.8. The molecule has 1 N–H and O–H groups in total. The number of aryl methyl sites for hydroxylation is 1. The van der Waals surface area contributed by atoms with Gasteiger partial charge in [0.05, 0.1) is 31.4 Å². The third-order valence-corrected chi connectivity index (χ3v) is 7.71. The van der Waals surface area contributed by atoms with Crippen molar-refractivity contribution < 1.29 is 27.4 Å². The molecular weight excluding hydrogens is 516 g/mol. The van der Waals surface area contributed by atoms with Crippen LogP contribution < -0.4 is 23.8 Å². The molecule has 3 rings (SSSR count). The second-order valence-corrected chi connectivity index (χ2v) is 10.3. The fourth-order valence-electron chi connectivity index (χ4n) is 3.69. The van der Waals surface area contributed by atoms with Crippen LogP contribution in [0.3, 0.4) is 0 Å². The monoisotopic (exact) mass is 546 g/mol. The number of hydrogen-bond acceptors (Lipinski definition) is 6. The number of ether oxygens (including phenoxy) is 3. The fraction of sp³-hybridized carbons (Fsp3) is 0.296. The van der Waals surface area contributed by atoms with Crippen LogP contribution in [0.25, 0.3) is 0 Å². The van der Waals surface area contributed by atoms with Gasteiger partial charge in [-0.25, -0.2) is 8.42 Å². The number of nitrogens with one attached hydrogen (secondary N) is 1. The van der Waals surface area contributed by atoms with E-state index in [0.29, 0.717) is 48.2 Å². The van der Waals surface area contributed by atoms with Gasteiger partial charge >= 0.3 is 0 Å².